The zero-order valence-electron chi connectivity index (χ0n) is 20.1. The summed E-state index contributed by atoms with van der Waals surface area (Å²) in [7, 11) is -3.72. The summed E-state index contributed by atoms with van der Waals surface area (Å²) >= 11 is 2.76. The van der Waals surface area contributed by atoms with Crippen LogP contribution in [0.15, 0.2) is 30.6 Å². The standard InChI is InChI=1S/C24H25FN4O4S3/c1-5-33-19-11-20(35-23(19)24(30)29-36(4,31)32)18-10-21(28-12-27-18)26-7-6-16-14(3)34-22-13(2)8-15(25)9-17(16)22/h8-12H,5-7H2,1-4H3,(H,29,30)(H,26,27,28). The van der Waals surface area contributed by atoms with Gasteiger partial charge in [0.15, 0.2) is 0 Å². The molecule has 4 rings (SSSR count). The molecular formula is C24H25FN4O4S3. The maximum Gasteiger partial charge on any atom is 0.278 e. The maximum absolute atomic E-state index is 14.0. The molecule has 0 atom stereocenters. The first-order chi connectivity index (χ1) is 17.1. The van der Waals surface area contributed by atoms with Crippen LogP contribution in [0.1, 0.15) is 32.6 Å². The van der Waals surface area contributed by atoms with Crippen molar-refractivity contribution in [1.82, 2.24) is 14.7 Å². The number of hydrogen-bond donors (Lipinski definition) is 2. The Bertz CT molecular complexity index is 1550. The van der Waals surface area contributed by atoms with E-state index in [-0.39, 0.29) is 16.4 Å². The van der Waals surface area contributed by atoms with Crippen molar-refractivity contribution in [3.8, 4) is 16.3 Å². The van der Waals surface area contributed by atoms with Crippen molar-refractivity contribution in [1.29, 1.82) is 0 Å². The number of hydrogen-bond acceptors (Lipinski definition) is 9. The molecule has 4 aromatic rings. The molecule has 0 aliphatic rings. The Balaban J connectivity index is 1.52. The largest absolute Gasteiger partial charge is 0.492 e. The highest BCUT2D eigenvalue weighted by Crippen LogP contribution is 2.37. The highest BCUT2D eigenvalue weighted by Gasteiger charge is 2.21. The molecule has 0 saturated carbocycles. The molecule has 12 heteroatoms. The lowest BCUT2D eigenvalue weighted by Gasteiger charge is -2.07. The average Bonchev–Trinajstić information content (AvgIpc) is 3.35. The number of aryl methyl sites for hydroxylation is 2. The molecule has 3 heterocycles. The number of ether oxygens (including phenoxy) is 1. The number of amides is 1. The number of anilines is 1. The normalized spacial score (nSPS) is 11.6. The molecule has 0 unspecified atom stereocenters. The molecular weight excluding hydrogens is 523 g/mol. The highest BCUT2D eigenvalue weighted by molar-refractivity contribution is 7.89. The summed E-state index contributed by atoms with van der Waals surface area (Å²) in [5.74, 6) is -0.115. The second-order valence-corrected chi connectivity index (χ2v) is 12.2. The molecule has 190 valence electrons. The van der Waals surface area contributed by atoms with Crippen molar-refractivity contribution < 1.29 is 22.3 Å². The molecule has 3 aromatic heterocycles. The fourth-order valence-electron chi connectivity index (χ4n) is 3.85. The molecule has 0 bridgehead atoms. The van der Waals surface area contributed by atoms with Crippen LogP contribution in [0.25, 0.3) is 20.7 Å². The van der Waals surface area contributed by atoms with Crippen LogP contribution >= 0.6 is 22.7 Å². The van der Waals surface area contributed by atoms with Crippen molar-refractivity contribution in [2.45, 2.75) is 27.2 Å². The van der Waals surface area contributed by atoms with Gasteiger partial charge in [0.1, 0.15) is 28.6 Å². The van der Waals surface area contributed by atoms with Crippen LogP contribution in [0.4, 0.5) is 10.2 Å². The molecule has 0 aliphatic heterocycles. The van der Waals surface area contributed by atoms with Crippen LogP contribution in [0.2, 0.25) is 0 Å². The number of rotatable bonds is 9. The minimum atomic E-state index is -3.72. The number of thiophene rings is 2. The third kappa shape index (κ3) is 5.82. The minimum Gasteiger partial charge on any atom is -0.492 e. The molecule has 8 nitrogen and oxygen atoms in total. The Kier molecular flexibility index (Phi) is 7.57. The van der Waals surface area contributed by atoms with Gasteiger partial charge in [-0.3, -0.25) is 4.79 Å². The van der Waals surface area contributed by atoms with E-state index in [4.69, 9.17) is 4.74 Å². The summed E-state index contributed by atoms with van der Waals surface area (Å²) in [6.45, 7) is 6.63. The first-order valence-corrected chi connectivity index (χ1v) is 14.6. The van der Waals surface area contributed by atoms with E-state index < -0.39 is 15.9 Å². The lowest BCUT2D eigenvalue weighted by Crippen LogP contribution is -2.28. The second-order valence-electron chi connectivity index (χ2n) is 8.14. The van der Waals surface area contributed by atoms with Crippen molar-refractivity contribution >= 4 is 54.5 Å². The predicted octanol–water partition coefficient (Wildman–Crippen LogP) is 4.92. The van der Waals surface area contributed by atoms with E-state index in [9.17, 15) is 17.6 Å². The number of sulfonamides is 1. The first-order valence-electron chi connectivity index (χ1n) is 11.1. The lowest BCUT2D eigenvalue weighted by atomic mass is 10.1. The zero-order chi connectivity index (χ0) is 26.0. The van der Waals surface area contributed by atoms with Gasteiger partial charge in [0.2, 0.25) is 10.0 Å². The Hall–Kier alpha value is -3.09. The summed E-state index contributed by atoms with van der Waals surface area (Å²) < 4.78 is 45.6. The van der Waals surface area contributed by atoms with E-state index in [1.54, 1.807) is 42.5 Å². The van der Waals surface area contributed by atoms with Gasteiger partial charge in [-0.1, -0.05) is 0 Å². The fourth-order valence-corrected chi connectivity index (χ4v) is 6.47. The van der Waals surface area contributed by atoms with Crippen LogP contribution in [-0.2, 0) is 16.4 Å². The zero-order valence-corrected chi connectivity index (χ0v) is 22.6. The molecule has 0 saturated heterocycles. The number of carbonyl (C=O) groups excluding carboxylic acids is 1. The molecule has 1 aromatic carbocycles. The first kappa shape index (κ1) is 26.0. The lowest BCUT2D eigenvalue weighted by molar-refractivity contribution is 0.0982. The molecule has 1 amide bonds. The Labute approximate surface area is 216 Å². The summed E-state index contributed by atoms with van der Waals surface area (Å²) in [6, 6.07) is 6.56. The summed E-state index contributed by atoms with van der Waals surface area (Å²) in [4.78, 5) is 23.0. The SMILES string of the molecule is CCOc1cc(-c2cc(NCCc3c(C)sc4c(C)cc(F)cc34)ncn2)sc1C(=O)NS(C)(=O)=O. The molecule has 2 N–H and O–H groups in total. The maximum atomic E-state index is 14.0. The number of aromatic nitrogens is 2. The molecule has 0 aliphatic carbocycles. The summed E-state index contributed by atoms with van der Waals surface area (Å²) in [5.41, 5.74) is 2.61. The Morgan fingerprint density at radius 3 is 2.64 bits per heavy atom. The number of carbonyl (C=O) groups is 1. The van der Waals surface area contributed by atoms with Crippen LogP contribution in [-0.4, -0.2) is 43.7 Å². The Morgan fingerprint density at radius 1 is 1.14 bits per heavy atom. The van der Waals surface area contributed by atoms with E-state index in [1.807, 2.05) is 18.6 Å². The quantitative estimate of drug-likeness (QED) is 0.306. The topological polar surface area (TPSA) is 110 Å². The van der Waals surface area contributed by atoms with Gasteiger partial charge < -0.3 is 10.1 Å². The number of nitrogens with one attached hydrogen (secondary N) is 2. The molecule has 0 fully saturated rings. The molecule has 0 spiro atoms. The Morgan fingerprint density at radius 2 is 1.92 bits per heavy atom. The van der Waals surface area contributed by atoms with Gasteiger partial charge in [-0.25, -0.2) is 27.5 Å². The van der Waals surface area contributed by atoms with E-state index >= 15 is 0 Å². The third-order valence-corrected chi connectivity index (χ3v) is 8.32. The van der Waals surface area contributed by atoms with Crippen LogP contribution < -0.4 is 14.8 Å². The predicted molar refractivity (Wildman–Crippen MR) is 142 cm³/mol. The smallest absolute Gasteiger partial charge is 0.278 e. The van der Waals surface area contributed by atoms with Gasteiger partial charge in [0.25, 0.3) is 5.91 Å². The minimum absolute atomic E-state index is 0.146. The van der Waals surface area contributed by atoms with Gasteiger partial charge in [-0.15, -0.1) is 22.7 Å². The van der Waals surface area contributed by atoms with Crippen molar-refractivity contribution in [3.05, 3.63) is 57.3 Å². The highest BCUT2D eigenvalue weighted by atomic mass is 32.2. The van der Waals surface area contributed by atoms with Crippen molar-refractivity contribution in [2.75, 3.05) is 24.7 Å². The van der Waals surface area contributed by atoms with Gasteiger partial charge in [0, 0.05) is 28.3 Å². The molecule has 0 radical (unpaired) electrons. The van der Waals surface area contributed by atoms with Crippen LogP contribution in [0.5, 0.6) is 5.75 Å². The van der Waals surface area contributed by atoms with E-state index in [2.05, 4.69) is 15.3 Å². The van der Waals surface area contributed by atoms with Gasteiger partial charge in [0.05, 0.1) is 23.4 Å². The van der Waals surface area contributed by atoms with Gasteiger partial charge in [-0.05, 0) is 55.8 Å². The number of fused-ring (bicyclic) bond motifs is 1. The van der Waals surface area contributed by atoms with Crippen LogP contribution in [0.3, 0.4) is 0 Å². The van der Waals surface area contributed by atoms with Crippen molar-refractivity contribution in [3.63, 3.8) is 0 Å². The van der Waals surface area contributed by atoms with E-state index in [1.165, 1.54) is 6.33 Å². The van der Waals surface area contributed by atoms with E-state index in [0.717, 1.165) is 43.7 Å². The van der Waals surface area contributed by atoms with Crippen molar-refractivity contribution in [2.24, 2.45) is 0 Å². The van der Waals surface area contributed by atoms with E-state index in [0.29, 0.717) is 36.0 Å². The second kappa shape index (κ2) is 10.5. The van der Waals surface area contributed by atoms with Crippen LogP contribution in [0, 0.1) is 19.7 Å². The summed E-state index contributed by atoms with van der Waals surface area (Å²) in [6.07, 6.45) is 3.02. The number of benzene rings is 1. The van der Waals surface area contributed by atoms with Gasteiger partial charge >= 0.3 is 0 Å². The average molecular weight is 549 g/mol. The fraction of sp³-hybridized carbons (Fsp3) is 0.292. The van der Waals surface area contributed by atoms with Gasteiger partial charge in [-0.2, -0.15) is 0 Å². The third-order valence-electron chi connectivity index (χ3n) is 5.33. The summed E-state index contributed by atoms with van der Waals surface area (Å²) in [5, 5.41) is 4.24. The number of nitrogens with zero attached hydrogens (tertiary/aromatic N) is 2. The molecule has 36 heavy (non-hydrogen) atoms. The monoisotopic (exact) mass is 548 g/mol. The number of halogens is 1.